The number of aromatic nitrogens is 1. The van der Waals surface area contributed by atoms with Crippen LogP contribution < -0.4 is 5.73 Å². The van der Waals surface area contributed by atoms with Crippen molar-refractivity contribution in [3.63, 3.8) is 0 Å². The van der Waals surface area contributed by atoms with Crippen LogP contribution in [0.25, 0.3) is 11.3 Å². The van der Waals surface area contributed by atoms with Gasteiger partial charge in [-0.05, 0) is 12.1 Å². The Balaban J connectivity index is 1.42. The molecule has 3 heterocycles. The van der Waals surface area contributed by atoms with E-state index in [4.69, 9.17) is 14.7 Å². The van der Waals surface area contributed by atoms with Gasteiger partial charge in [0.2, 0.25) is 10.9 Å². The van der Waals surface area contributed by atoms with Crippen LogP contribution in [0.5, 0.6) is 0 Å². The average Bonchev–Trinajstić information content (AvgIpc) is 3.44. The molecule has 10 nitrogen and oxygen atoms in total. The molecule has 0 saturated carbocycles. The minimum Gasteiger partial charge on any atom is -0.438 e. The summed E-state index contributed by atoms with van der Waals surface area (Å²) in [7, 11) is -3.94. The molecule has 1 aliphatic heterocycles. The Morgan fingerprint density at radius 3 is 2.30 bits per heavy atom. The second-order valence-electron chi connectivity index (χ2n) is 6.62. The van der Waals surface area contributed by atoms with E-state index >= 15 is 0 Å². The lowest BCUT2D eigenvalue weighted by Gasteiger charge is -2.32. The fourth-order valence-corrected chi connectivity index (χ4v) is 4.46. The zero-order chi connectivity index (χ0) is 21.3. The molecular weight excluding hydrogens is 412 g/mol. The number of furan rings is 1. The molecule has 2 aromatic heterocycles. The lowest BCUT2D eigenvalue weighted by Crippen LogP contribution is -2.50. The SMILES string of the molecule is NC(=O)c1ccc(S(=O)(=O)N2CCN(C(=O)c3cc(-c4ccccc4)no3)CC2)o1. The van der Waals surface area contributed by atoms with Crippen LogP contribution in [-0.4, -0.2) is 60.8 Å². The van der Waals surface area contributed by atoms with Crippen molar-refractivity contribution in [2.75, 3.05) is 26.2 Å². The van der Waals surface area contributed by atoms with Gasteiger partial charge in [0.15, 0.2) is 5.76 Å². The summed E-state index contributed by atoms with van der Waals surface area (Å²) in [6.45, 7) is 0.479. The number of carbonyl (C=O) groups excluding carboxylic acids is 2. The largest absolute Gasteiger partial charge is 0.438 e. The maximum atomic E-state index is 12.7. The smallest absolute Gasteiger partial charge is 0.292 e. The van der Waals surface area contributed by atoms with E-state index in [-0.39, 0.29) is 48.7 Å². The molecule has 2 N–H and O–H groups in total. The van der Waals surface area contributed by atoms with Gasteiger partial charge in [-0.25, -0.2) is 8.42 Å². The Bertz CT molecular complexity index is 1180. The second-order valence-corrected chi connectivity index (χ2v) is 8.49. The number of carbonyl (C=O) groups is 2. The van der Waals surface area contributed by atoms with Crippen molar-refractivity contribution >= 4 is 21.8 Å². The van der Waals surface area contributed by atoms with Crippen LogP contribution >= 0.6 is 0 Å². The first kappa shape index (κ1) is 19.9. The second kappa shape index (κ2) is 7.76. The first-order valence-corrected chi connectivity index (χ1v) is 10.5. The summed E-state index contributed by atoms with van der Waals surface area (Å²) in [4.78, 5) is 25.3. The van der Waals surface area contributed by atoms with Crippen LogP contribution in [0.15, 0.2) is 62.6 Å². The van der Waals surface area contributed by atoms with Gasteiger partial charge < -0.3 is 19.6 Å². The number of hydrogen-bond donors (Lipinski definition) is 1. The fourth-order valence-electron chi connectivity index (χ4n) is 3.13. The van der Waals surface area contributed by atoms with Gasteiger partial charge in [0, 0.05) is 37.8 Å². The monoisotopic (exact) mass is 430 g/mol. The maximum absolute atomic E-state index is 12.7. The van der Waals surface area contributed by atoms with Crippen molar-refractivity contribution in [3.05, 3.63) is 60.1 Å². The first-order valence-electron chi connectivity index (χ1n) is 9.07. The normalized spacial score (nSPS) is 15.3. The van der Waals surface area contributed by atoms with Crippen LogP contribution in [0.4, 0.5) is 0 Å². The summed E-state index contributed by atoms with van der Waals surface area (Å²) in [5, 5.41) is 3.57. The minimum absolute atomic E-state index is 0.0698. The highest BCUT2D eigenvalue weighted by Gasteiger charge is 2.33. The molecule has 156 valence electrons. The number of sulfonamides is 1. The van der Waals surface area contributed by atoms with Gasteiger partial charge in [-0.1, -0.05) is 35.5 Å². The molecule has 0 aliphatic carbocycles. The summed E-state index contributed by atoms with van der Waals surface area (Å²) >= 11 is 0. The maximum Gasteiger partial charge on any atom is 0.292 e. The molecule has 0 bridgehead atoms. The molecule has 11 heteroatoms. The van der Waals surface area contributed by atoms with E-state index in [1.807, 2.05) is 30.3 Å². The van der Waals surface area contributed by atoms with Crippen molar-refractivity contribution in [1.82, 2.24) is 14.4 Å². The first-order chi connectivity index (χ1) is 14.4. The molecule has 3 aromatic rings. The Kier molecular flexibility index (Phi) is 5.14. The fraction of sp³-hybridized carbons (Fsp3) is 0.211. The number of nitrogens with two attached hydrogens (primary N) is 1. The molecule has 0 radical (unpaired) electrons. The summed E-state index contributed by atoms with van der Waals surface area (Å²) in [6.07, 6.45) is 0. The number of piperazine rings is 1. The molecule has 1 saturated heterocycles. The zero-order valence-electron chi connectivity index (χ0n) is 15.7. The van der Waals surface area contributed by atoms with Crippen molar-refractivity contribution in [1.29, 1.82) is 0 Å². The van der Waals surface area contributed by atoms with Gasteiger partial charge in [0.1, 0.15) is 5.69 Å². The Hall–Kier alpha value is -3.44. The number of hydrogen-bond acceptors (Lipinski definition) is 7. The van der Waals surface area contributed by atoms with Gasteiger partial charge in [-0.3, -0.25) is 9.59 Å². The van der Waals surface area contributed by atoms with Gasteiger partial charge in [0.05, 0.1) is 0 Å². The highest BCUT2D eigenvalue weighted by Crippen LogP contribution is 2.22. The van der Waals surface area contributed by atoms with Gasteiger partial charge in [-0.15, -0.1) is 0 Å². The van der Waals surface area contributed by atoms with E-state index < -0.39 is 15.9 Å². The third-order valence-electron chi connectivity index (χ3n) is 4.73. The standard InChI is InChI=1S/C19H18N4O6S/c20-18(24)15-6-7-17(28-15)30(26,27)23-10-8-22(9-11-23)19(25)16-12-14(21-29-16)13-4-2-1-3-5-13/h1-7,12H,8-11H2,(H2,20,24). The van der Waals surface area contributed by atoms with Gasteiger partial charge in [-0.2, -0.15) is 4.31 Å². The van der Waals surface area contributed by atoms with E-state index in [9.17, 15) is 18.0 Å². The van der Waals surface area contributed by atoms with Crippen LogP contribution in [0.1, 0.15) is 21.1 Å². The van der Waals surface area contributed by atoms with Crippen molar-refractivity contribution < 1.29 is 26.9 Å². The van der Waals surface area contributed by atoms with Crippen LogP contribution in [-0.2, 0) is 10.0 Å². The molecule has 0 unspecified atom stereocenters. The van der Waals surface area contributed by atoms with E-state index in [1.54, 1.807) is 6.07 Å². The minimum atomic E-state index is -3.94. The van der Waals surface area contributed by atoms with E-state index in [0.29, 0.717) is 5.69 Å². The molecule has 30 heavy (non-hydrogen) atoms. The predicted molar refractivity (Wildman–Crippen MR) is 104 cm³/mol. The van der Waals surface area contributed by atoms with Crippen molar-refractivity contribution in [2.24, 2.45) is 5.73 Å². The highest BCUT2D eigenvalue weighted by molar-refractivity contribution is 7.89. The topological polar surface area (TPSA) is 140 Å². The number of benzene rings is 1. The molecule has 1 aromatic carbocycles. The number of amides is 2. The van der Waals surface area contributed by atoms with Crippen LogP contribution in [0, 0.1) is 0 Å². The predicted octanol–water partition coefficient (Wildman–Crippen LogP) is 1.18. The lowest BCUT2D eigenvalue weighted by molar-refractivity contribution is 0.0655. The molecule has 1 aliphatic rings. The molecule has 1 fully saturated rings. The summed E-state index contributed by atoms with van der Waals surface area (Å²) in [5.41, 5.74) is 6.46. The van der Waals surface area contributed by atoms with Crippen molar-refractivity contribution in [3.8, 4) is 11.3 Å². The van der Waals surface area contributed by atoms with E-state index in [2.05, 4.69) is 5.16 Å². The molecular formula is C19H18N4O6S. The summed E-state index contributed by atoms with van der Waals surface area (Å²) in [5.74, 6) is -1.37. The molecule has 4 rings (SSSR count). The Labute approximate surface area is 171 Å². The van der Waals surface area contributed by atoms with Gasteiger partial charge >= 0.3 is 0 Å². The zero-order valence-corrected chi connectivity index (χ0v) is 16.5. The molecule has 0 spiro atoms. The quantitative estimate of drug-likeness (QED) is 0.641. The van der Waals surface area contributed by atoms with Crippen LogP contribution in [0.3, 0.4) is 0 Å². The van der Waals surface area contributed by atoms with E-state index in [1.165, 1.54) is 21.3 Å². The molecule has 2 amide bonds. The average molecular weight is 430 g/mol. The van der Waals surface area contributed by atoms with E-state index in [0.717, 1.165) is 5.56 Å². The molecule has 0 atom stereocenters. The Morgan fingerprint density at radius 2 is 1.67 bits per heavy atom. The van der Waals surface area contributed by atoms with Crippen LogP contribution in [0.2, 0.25) is 0 Å². The number of primary amides is 1. The summed E-state index contributed by atoms with van der Waals surface area (Å²) < 4.78 is 36.8. The summed E-state index contributed by atoms with van der Waals surface area (Å²) in [6, 6.07) is 13.3. The third kappa shape index (κ3) is 3.72. The van der Waals surface area contributed by atoms with Gasteiger partial charge in [0.25, 0.3) is 21.8 Å². The number of nitrogens with zero attached hydrogens (tertiary/aromatic N) is 3. The third-order valence-corrected chi connectivity index (χ3v) is 6.51. The highest BCUT2D eigenvalue weighted by atomic mass is 32.2. The van der Waals surface area contributed by atoms with Crippen molar-refractivity contribution in [2.45, 2.75) is 5.09 Å². The lowest BCUT2D eigenvalue weighted by atomic mass is 10.1. The number of rotatable bonds is 5. The Morgan fingerprint density at radius 1 is 0.967 bits per heavy atom.